The van der Waals surface area contributed by atoms with Gasteiger partial charge in [0, 0.05) is 0 Å². The maximum Gasteiger partial charge on any atom is -0.000718 e. The normalized spacial score (nSPS) is 12.5. The van der Waals surface area contributed by atoms with Gasteiger partial charge in [0.2, 0.25) is 0 Å². The third kappa shape index (κ3) is 5.39. The van der Waals surface area contributed by atoms with Crippen molar-refractivity contribution < 1.29 is 0 Å². The number of benzene rings is 15. The Morgan fingerprint density at radius 2 is 0.526 bits per heavy atom. The summed E-state index contributed by atoms with van der Waals surface area (Å²) in [6.45, 7) is 4.51. The summed E-state index contributed by atoms with van der Waals surface area (Å²) in [7, 11) is 0. The Morgan fingerprint density at radius 3 is 1.04 bits per heavy atom. The van der Waals surface area contributed by atoms with E-state index in [2.05, 4.69) is 257 Å². The van der Waals surface area contributed by atoms with Crippen LogP contribution in [-0.4, -0.2) is 0 Å². The largest absolute Gasteiger partial charge is 0.0622 e. The van der Waals surface area contributed by atoms with E-state index in [0.29, 0.717) is 0 Å². The van der Waals surface area contributed by atoms with Crippen molar-refractivity contribution in [2.45, 2.75) is 13.8 Å². The second-order valence-corrected chi connectivity index (χ2v) is 22.1. The van der Waals surface area contributed by atoms with Crippen LogP contribution in [0.25, 0.3) is 186 Å². The minimum atomic E-state index is 1.21. The smallest absolute Gasteiger partial charge is 0.000718 e. The first-order chi connectivity index (χ1) is 38.6. The lowest BCUT2D eigenvalue weighted by Gasteiger charge is -2.21. The molecule has 0 N–H and O–H groups in total. The lowest BCUT2D eigenvalue weighted by atomic mass is 9.82. The molecule has 0 heterocycles. The average molecular weight is 983 g/mol. The molecule has 0 saturated heterocycles. The number of hydrogen-bond acceptors (Lipinski definition) is 0. The summed E-state index contributed by atoms with van der Waals surface area (Å²) in [5.41, 5.74) is 20.5. The van der Waals surface area contributed by atoms with Crippen LogP contribution in [0.2, 0.25) is 0 Å². The van der Waals surface area contributed by atoms with Crippen molar-refractivity contribution >= 4 is 108 Å². The maximum atomic E-state index is 2.60. The van der Waals surface area contributed by atoms with Crippen molar-refractivity contribution in [2.24, 2.45) is 0 Å². The van der Waals surface area contributed by atoms with E-state index in [1.807, 2.05) is 0 Å². The molecule has 358 valence electrons. The molecular formula is C78H46. The zero-order valence-electron chi connectivity index (χ0n) is 43.1. The topological polar surface area (TPSA) is 0 Å². The molecule has 17 aromatic rings. The van der Waals surface area contributed by atoms with Crippen molar-refractivity contribution in [3.8, 4) is 77.9 Å². The minimum Gasteiger partial charge on any atom is -0.0622 e. The SMILES string of the molecule is Cc1cccc(C)c1-c1ccc2c3cc4c(-c5ccccc5-c5ccccc5)c5c6ccc7c8ccc9c%10c(ccc(c%11ccc(c5c(-c5ccccc5-c5ccccc5)c4cc3c3cccc1c32)c6c%117)c%108)-c1ccccc1-9. The molecule has 0 bridgehead atoms. The van der Waals surface area contributed by atoms with Gasteiger partial charge < -0.3 is 0 Å². The maximum absolute atomic E-state index is 2.60. The van der Waals surface area contributed by atoms with Crippen LogP contribution in [0.4, 0.5) is 0 Å². The fraction of sp³-hybridized carbons (Fsp3) is 0.0256. The highest BCUT2D eigenvalue weighted by Gasteiger charge is 2.30. The van der Waals surface area contributed by atoms with Crippen molar-refractivity contribution in [1.82, 2.24) is 0 Å². The van der Waals surface area contributed by atoms with Crippen LogP contribution in [0.1, 0.15) is 11.1 Å². The van der Waals surface area contributed by atoms with Gasteiger partial charge in [-0.2, -0.15) is 0 Å². The zero-order valence-corrected chi connectivity index (χ0v) is 43.1. The molecule has 18 rings (SSSR count). The van der Waals surface area contributed by atoms with Gasteiger partial charge in [0.15, 0.2) is 0 Å². The van der Waals surface area contributed by atoms with E-state index in [9.17, 15) is 0 Å². The standard InChI is InChI=1S/C78H46/c1-43-17-15-18-44(2)69(43)57-33-36-62-66-42-68-67(41-65(66)54-30-16-29-53(57)70(54)62)74(51-27-13-9-23-47(51)45-19-5-3-6-20-45)77-63-39-37-60-58-34-31-55-49-25-11-12-26-50(49)56-32-35-59(72(58)71(55)56)61-38-40-64(76(63)73(60)61)78(77)75(68)52-28-14-10-24-48(52)46-21-7-4-8-22-46/h3-42H,1-2H3. The summed E-state index contributed by atoms with van der Waals surface area (Å²) >= 11 is 0. The molecule has 0 aromatic heterocycles. The van der Waals surface area contributed by atoms with Crippen LogP contribution < -0.4 is 0 Å². The molecule has 78 heavy (non-hydrogen) atoms. The Balaban J connectivity index is 1.07. The summed E-state index contributed by atoms with van der Waals surface area (Å²) in [6, 6.07) is 92.7. The number of fused-ring (bicyclic) bond motifs is 12. The van der Waals surface area contributed by atoms with Crippen molar-refractivity contribution in [1.29, 1.82) is 0 Å². The molecule has 0 heteroatoms. The highest BCUT2D eigenvalue weighted by molar-refractivity contribution is 6.48. The molecule has 0 saturated carbocycles. The van der Waals surface area contributed by atoms with E-state index in [4.69, 9.17) is 0 Å². The third-order valence-corrected chi connectivity index (χ3v) is 18.3. The fourth-order valence-electron chi connectivity index (χ4n) is 15.2. The zero-order chi connectivity index (χ0) is 51.1. The molecule has 1 aliphatic carbocycles. The quantitative estimate of drug-likeness (QED) is 0.119. The number of rotatable bonds is 5. The molecule has 0 radical (unpaired) electrons. The molecule has 0 atom stereocenters. The van der Waals surface area contributed by atoms with E-state index in [1.165, 1.54) is 197 Å². The second-order valence-electron chi connectivity index (χ2n) is 22.1. The summed E-state index contributed by atoms with van der Waals surface area (Å²) in [5.74, 6) is 0. The number of aryl methyl sites for hydroxylation is 2. The highest BCUT2D eigenvalue weighted by Crippen LogP contribution is 2.58. The Morgan fingerprint density at radius 1 is 0.167 bits per heavy atom. The molecule has 0 nitrogen and oxygen atoms in total. The van der Waals surface area contributed by atoms with Gasteiger partial charge in [0.05, 0.1) is 0 Å². The molecule has 0 fully saturated rings. The van der Waals surface area contributed by atoms with Crippen molar-refractivity contribution in [3.05, 3.63) is 254 Å². The van der Waals surface area contributed by atoms with Crippen LogP contribution in [0.5, 0.6) is 0 Å². The summed E-state index contributed by atoms with van der Waals surface area (Å²) in [6.07, 6.45) is 0. The van der Waals surface area contributed by atoms with Crippen molar-refractivity contribution in [2.75, 3.05) is 0 Å². The predicted octanol–water partition coefficient (Wildman–Crippen LogP) is 22.1. The Labute approximate surface area is 450 Å². The van der Waals surface area contributed by atoms with E-state index >= 15 is 0 Å². The van der Waals surface area contributed by atoms with Crippen LogP contribution in [0.3, 0.4) is 0 Å². The van der Waals surface area contributed by atoms with Crippen LogP contribution in [0.15, 0.2) is 243 Å². The molecule has 0 aliphatic heterocycles. The van der Waals surface area contributed by atoms with Crippen molar-refractivity contribution in [3.63, 3.8) is 0 Å². The first kappa shape index (κ1) is 42.4. The lowest BCUT2D eigenvalue weighted by Crippen LogP contribution is -1.93. The monoisotopic (exact) mass is 982 g/mol. The first-order valence-electron chi connectivity index (χ1n) is 27.5. The van der Waals surface area contributed by atoms with E-state index in [-0.39, 0.29) is 0 Å². The fourth-order valence-corrected chi connectivity index (χ4v) is 15.2. The van der Waals surface area contributed by atoms with Crippen LogP contribution in [-0.2, 0) is 0 Å². The minimum absolute atomic E-state index is 1.21. The van der Waals surface area contributed by atoms with Gasteiger partial charge in [-0.3, -0.25) is 0 Å². The molecule has 1 aliphatic rings. The summed E-state index contributed by atoms with van der Waals surface area (Å²) < 4.78 is 0. The van der Waals surface area contributed by atoms with E-state index < -0.39 is 0 Å². The Hall–Kier alpha value is -9.88. The van der Waals surface area contributed by atoms with E-state index in [1.54, 1.807) is 0 Å². The molecule has 0 unspecified atom stereocenters. The van der Waals surface area contributed by atoms with Crippen LogP contribution >= 0.6 is 0 Å². The first-order valence-corrected chi connectivity index (χ1v) is 27.5. The summed E-state index contributed by atoms with van der Waals surface area (Å²) in [5, 5.41) is 26.3. The van der Waals surface area contributed by atoms with Gasteiger partial charge in [-0.1, -0.05) is 231 Å². The van der Waals surface area contributed by atoms with Gasteiger partial charge in [-0.15, -0.1) is 0 Å². The predicted molar refractivity (Wildman–Crippen MR) is 336 cm³/mol. The van der Waals surface area contributed by atoms with Gasteiger partial charge in [-0.05, 0) is 223 Å². The van der Waals surface area contributed by atoms with Gasteiger partial charge in [0.25, 0.3) is 0 Å². The highest BCUT2D eigenvalue weighted by atomic mass is 14.3. The Bertz CT molecular complexity index is 5140. The number of hydrogen-bond donors (Lipinski definition) is 0. The third-order valence-electron chi connectivity index (χ3n) is 18.3. The molecule has 0 amide bonds. The Kier molecular flexibility index (Phi) is 8.35. The average Bonchev–Trinajstić information content (AvgIpc) is 3.12. The molecular weight excluding hydrogens is 937 g/mol. The van der Waals surface area contributed by atoms with E-state index in [0.717, 1.165) is 0 Å². The second kappa shape index (κ2) is 15.4. The molecule has 0 spiro atoms. The van der Waals surface area contributed by atoms with Gasteiger partial charge >= 0.3 is 0 Å². The van der Waals surface area contributed by atoms with Gasteiger partial charge in [0.1, 0.15) is 0 Å². The molecule has 17 aromatic carbocycles. The lowest BCUT2D eigenvalue weighted by molar-refractivity contribution is 1.39. The van der Waals surface area contributed by atoms with Gasteiger partial charge in [-0.25, -0.2) is 0 Å². The summed E-state index contributed by atoms with van der Waals surface area (Å²) in [4.78, 5) is 0. The van der Waals surface area contributed by atoms with Crippen LogP contribution in [0, 0.1) is 13.8 Å².